The summed E-state index contributed by atoms with van der Waals surface area (Å²) in [6, 6.07) is 0. The molecule has 0 unspecified atom stereocenters. The first-order chi connectivity index (χ1) is 17.3. The molecule has 0 aromatic heterocycles. The van der Waals surface area contributed by atoms with Crippen LogP contribution >= 0.6 is 12.6 Å². The lowest BCUT2D eigenvalue weighted by molar-refractivity contribution is -0.299. The van der Waals surface area contributed by atoms with Crippen molar-refractivity contribution >= 4 is 12.6 Å². The first-order valence-electron chi connectivity index (χ1n) is 13.5. The van der Waals surface area contributed by atoms with Crippen molar-refractivity contribution in [2.75, 3.05) is 25.6 Å². The molecule has 0 aliphatic carbocycles. The molecule has 7 N–H and O–H groups in total. The summed E-state index contributed by atoms with van der Waals surface area (Å²) >= 11 is 4.22. The van der Waals surface area contributed by atoms with Gasteiger partial charge in [0.25, 0.3) is 0 Å². The normalized spacial score (nSPS) is 37.3. The SMILES string of the molecule is OC[C@H]1O[C@H](C[C@H]2[C@H](O)[C@@H](O)[C@H](OCCCCCCCCCCCCS)O[C@@H]2CO)[C@H](O)[C@@H](O)[C@@H]1O. The van der Waals surface area contributed by atoms with E-state index in [1.807, 2.05) is 0 Å². The highest BCUT2D eigenvalue weighted by Gasteiger charge is 2.49. The van der Waals surface area contributed by atoms with E-state index in [1.165, 1.54) is 44.9 Å². The average molecular weight is 541 g/mol. The molecule has 0 aromatic rings. The molecule has 10 atom stereocenters. The average Bonchev–Trinajstić information content (AvgIpc) is 2.88. The van der Waals surface area contributed by atoms with Gasteiger partial charge in [-0.05, 0) is 25.0 Å². The van der Waals surface area contributed by atoms with Crippen LogP contribution in [0.15, 0.2) is 0 Å². The van der Waals surface area contributed by atoms with Crippen LogP contribution in [0.25, 0.3) is 0 Å². The maximum atomic E-state index is 10.7. The Morgan fingerprint density at radius 3 is 1.64 bits per heavy atom. The number of ether oxygens (including phenoxy) is 3. The molecule has 0 amide bonds. The lowest BCUT2D eigenvalue weighted by Gasteiger charge is -2.46. The van der Waals surface area contributed by atoms with Gasteiger partial charge in [0.1, 0.15) is 30.5 Å². The van der Waals surface area contributed by atoms with Gasteiger partial charge in [-0.1, -0.05) is 51.4 Å². The molecule has 0 aromatic carbocycles. The van der Waals surface area contributed by atoms with E-state index in [2.05, 4.69) is 12.6 Å². The Bertz CT molecular complexity index is 569. The Kier molecular flexibility index (Phi) is 15.7. The Hall–Kier alpha value is -0.0500. The third-order valence-corrected chi connectivity index (χ3v) is 7.68. The van der Waals surface area contributed by atoms with Crippen molar-refractivity contribution in [1.29, 1.82) is 0 Å². The zero-order valence-electron chi connectivity index (χ0n) is 21.2. The van der Waals surface area contributed by atoms with Gasteiger partial charge < -0.3 is 50.0 Å². The van der Waals surface area contributed by atoms with Gasteiger partial charge in [-0.15, -0.1) is 0 Å². The highest BCUT2D eigenvalue weighted by molar-refractivity contribution is 7.80. The van der Waals surface area contributed by atoms with Crippen LogP contribution in [0.2, 0.25) is 0 Å². The number of hydrogen-bond acceptors (Lipinski definition) is 11. The van der Waals surface area contributed by atoms with Crippen LogP contribution in [0.1, 0.15) is 70.6 Å². The summed E-state index contributed by atoms with van der Waals surface area (Å²) in [5.74, 6) is 0.136. The summed E-state index contributed by atoms with van der Waals surface area (Å²) in [4.78, 5) is 0. The molecule has 2 saturated heterocycles. The highest BCUT2D eigenvalue weighted by atomic mass is 32.1. The van der Waals surface area contributed by atoms with Crippen LogP contribution in [-0.2, 0) is 14.2 Å². The fourth-order valence-corrected chi connectivity index (χ4v) is 5.29. The van der Waals surface area contributed by atoms with E-state index in [9.17, 15) is 35.7 Å². The van der Waals surface area contributed by atoms with Crippen molar-refractivity contribution in [3.63, 3.8) is 0 Å². The van der Waals surface area contributed by atoms with Crippen LogP contribution in [0.4, 0.5) is 0 Å². The first kappa shape index (κ1) is 32.2. The summed E-state index contributed by atoms with van der Waals surface area (Å²) in [7, 11) is 0. The van der Waals surface area contributed by atoms with Crippen molar-refractivity contribution < 1.29 is 50.0 Å². The standard InChI is InChI=1S/C25H48O10S/c26-14-18-16(13-17-21(29)23(31)22(30)19(15-27)34-17)20(28)24(32)25(35-18)33-11-9-7-5-3-1-2-4-6-8-10-12-36/h16-32,36H,1-15H2/t16-,17-,18-,19-,20+,21+,22-,23-,24-,25-/m1/s1. The predicted octanol–water partition coefficient (Wildman–Crippen LogP) is 0.122. The summed E-state index contributed by atoms with van der Waals surface area (Å²) in [6.07, 6.45) is 0.178. The highest BCUT2D eigenvalue weighted by Crippen LogP contribution is 2.34. The molecule has 2 fully saturated rings. The van der Waals surface area contributed by atoms with Gasteiger partial charge in [-0.25, -0.2) is 0 Å². The number of aliphatic hydroxyl groups excluding tert-OH is 7. The molecule has 0 bridgehead atoms. The van der Waals surface area contributed by atoms with Gasteiger partial charge in [0.05, 0.1) is 31.5 Å². The molecule has 2 aliphatic heterocycles. The molecule has 11 heteroatoms. The van der Waals surface area contributed by atoms with Crippen LogP contribution in [-0.4, -0.2) is 116 Å². The van der Waals surface area contributed by atoms with Gasteiger partial charge >= 0.3 is 0 Å². The van der Waals surface area contributed by atoms with E-state index in [-0.39, 0.29) is 6.42 Å². The fraction of sp³-hybridized carbons (Fsp3) is 1.00. The van der Waals surface area contributed by atoms with Gasteiger partial charge in [-0.2, -0.15) is 12.6 Å². The minimum atomic E-state index is -1.54. The van der Waals surface area contributed by atoms with E-state index < -0.39 is 74.3 Å². The zero-order valence-corrected chi connectivity index (χ0v) is 22.1. The first-order valence-corrected chi connectivity index (χ1v) is 14.1. The van der Waals surface area contributed by atoms with Crippen molar-refractivity contribution in [1.82, 2.24) is 0 Å². The largest absolute Gasteiger partial charge is 0.394 e. The molecular formula is C25H48O10S. The monoisotopic (exact) mass is 540 g/mol. The molecule has 2 aliphatic rings. The smallest absolute Gasteiger partial charge is 0.186 e. The second kappa shape index (κ2) is 17.5. The van der Waals surface area contributed by atoms with Crippen LogP contribution in [0, 0.1) is 5.92 Å². The minimum absolute atomic E-state index is 0.0766. The van der Waals surface area contributed by atoms with Crippen LogP contribution in [0.3, 0.4) is 0 Å². The van der Waals surface area contributed by atoms with Crippen molar-refractivity contribution in [3.05, 3.63) is 0 Å². The second-order valence-corrected chi connectivity index (χ2v) is 10.6. The topological polar surface area (TPSA) is 169 Å². The number of rotatable bonds is 17. The molecule has 0 saturated carbocycles. The Morgan fingerprint density at radius 1 is 0.556 bits per heavy atom. The number of unbranched alkanes of at least 4 members (excludes halogenated alkanes) is 9. The van der Waals surface area contributed by atoms with E-state index in [0.717, 1.165) is 25.0 Å². The number of aliphatic hydroxyl groups is 7. The summed E-state index contributed by atoms with van der Waals surface area (Å²) in [5.41, 5.74) is 0. The van der Waals surface area contributed by atoms with Crippen molar-refractivity contribution in [3.8, 4) is 0 Å². The van der Waals surface area contributed by atoms with E-state index >= 15 is 0 Å². The molecular weight excluding hydrogens is 492 g/mol. The Labute approximate surface area is 220 Å². The molecule has 2 heterocycles. The molecule has 10 nitrogen and oxygen atoms in total. The van der Waals surface area contributed by atoms with Gasteiger partial charge in [0, 0.05) is 12.5 Å². The molecule has 36 heavy (non-hydrogen) atoms. The molecule has 0 spiro atoms. The van der Waals surface area contributed by atoms with Gasteiger partial charge in [-0.3, -0.25) is 0 Å². The zero-order chi connectivity index (χ0) is 26.5. The summed E-state index contributed by atoms with van der Waals surface area (Å²) in [6.45, 7) is -0.669. The summed E-state index contributed by atoms with van der Waals surface area (Å²) in [5, 5.41) is 70.8. The van der Waals surface area contributed by atoms with E-state index in [4.69, 9.17) is 14.2 Å². The maximum absolute atomic E-state index is 10.7. The van der Waals surface area contributed by atoms with Crippen LogP contribution in [0.5, 0.6) is 0 Å². The predicted molar refractivity (Wildman–Crippen MR) is 136 cm³/mol. The van der Waals surface area contributed by atoms with E-state index in [1.54, 1.807) is 0 Å². The van der Waals surface area contributed by atoms with Gasteiger partial charge in [0.2, 0.25) is 0 Å². The molecule has 0 radical (unpaired) electrons. The van der Waals surface area contributed by atoms with Gasteiger partial charge in [0.15, 0.2) is 6.29 Å². The second-order valence-electron chi connectivity index (χ2n) is 10.1. The quantitative estimate of drug-likeness (QED) is 0.0937. The molecule has 214 valence electrons. The third-order valence-electron chi connectivity index (χ3n) is 7.36. The maximum Gasteiger partial charge on any atom is 0.186 e. The van der Waals surface area contributed by atoms with Crippen molar-refractivity contribution in [2.24, 2.45) is 5.92 Å². The minimum Gasteiger partial charge on any atom is -0.394 e. The third kappa shape index (κ3) is 9.60. The Morgan fingerprint density at radius 2 is 1.08 bits per heavy atom. The van der Waals surface area contributed by atoms with E-state index in [0.29, 0.717) is 6.61 Å². The Balaban J connectivity index is 1.71. The lowest BCUT2D eigenvalue weighted by atomic mass is 9.81. The fourth-order valence-electron chi connectivity index (χ4n) is 5.06. The van der Waals surface area contributed by atoms with Crippen molar-refractivity contribution in [2.45, 2.75) is 126 Å². The number of hydrogen-bond donors (Lipinski definition) is 8. The number of thiol groups is 1. The summed E-state index contributed by atoms with van der Waals surface area (Å²) < 4.78 is 16.9. The molecule has 2 rings (SSSR count). The van der Waals surface area contributed by atoms with Crippen LogP contribution < -0.4 is 0 Å². The lowest BCUT2D eigenvalue weighted by Crippen LogP contribution is -2.61.